The number of hydrogen-bond donors (Lipinski definition) is 1. The molecule has 0 bridgehead atoms. The quantitative estimate of drug-likeness (QED) is 0.912. The molecule has 2 rings (SSSR count). The molecule has 20 heavy (non-hydrogen) atoms. The molecular formula is C16H22N2O2. The summed E-state index contributed by atoms with van der Waals surface area (Å²) in [5.41, 5.74) is 3.45. The van der Waals surface area contributed by atoms with Crippen LogP contribution in [0.15, 0.2) is 18.2 Å². The van der Waals surface area contributed by atoms with E-state index in [2.05, 4.69) is 23.5 Å². The molecule has 1 atom stereocenters. The normalized spacial score (nSPS) is 19.1. The van der Waals surface area contributed by atoms with Crippen molar-refractivity contribution in [2.45, 2.75) is 46.2 Å². The van der Waals surface area contributed by atoms with Crippen LogP contribution in [0.2, 0.25) is 0 Å². The Balaban J connectivity index is 2.25. The van der Waals surface area contributed by atoms with Crippen LogP contribution in [0, 0.1) is 13.8 Å². The van der Waals surface area contributed by atoms with Gasteiger partial charge in [-0.25, -0.2) is 0 Å². The van der Waals surface area contributed by atoms with Gasteiger partial charge >= 0.3 is 0 Å². The lowest BCUT2D eigenvalue weighted by Gasteiger charge is -2.35. The zero-order valence-corrected chi connectivity index (χ0v) is 12.4. The second kappa shape index (κ2) is 6.07. The van der Waals surface area contributed by atoms with Crippen LogP contribution in [0.1, 0.15) is 36.5 Å². The molecule has 108 valence electrons. The molecule has 1 aromatic carbocycles. The number of nitrogens with zero attached hydrogens (tertiary/aromatic N) is 1. The Kier molecular flexibility index (Phi) is 4.42. The lowest BCUT2D eigenvalue weighted by Crippen LogP contribution is -2.57. The number of amides is 2. The smallest absolute Gasteiger partial charge is 0.243 e. The predicted octanol–water partition coefficient (Wildman–Crippen LogP) is 1.93. The summed E-state index contributed by atoms with van der Waals surface area (Å²) in [5, 5.41) is 2.68. The zero-order valence-electron chi connectivity index (χ0n) is 12.4. The van der Waals surface area contributed by atoms with Gasteiger partial charge in [-0.1, -0.05) is 37.1 Å². The van der Waals surface area contributed by atoms with Crippen LogP contribution in [-0.2, 0) is 16.1 Å². The summed E-state index contributed by atoms with van der Waals surface area (Å²) in [5.74, 6) is -0.0271. The first-order valence-electron chi connectivity index (χ1n) is 7.16. The molecule has 1 saturated heterocycles. The average Bonchev–Trinajstić information content (AvgIpc) is 2.42. The second-order valence-corrected chi connectivity index (χ2v) is 5.47. The summed E-state index contributed by atoms with van der Waals surface area (Å²) in [7, 11) is 0. The molecule has 0 aliphatic carbocycles. The van der Waals surface area contributed by atoms with Gasteiger partial charge in [0.2, 0.25) is 11.8 Å². The van der Waals surface area contributed by atoms with Gasteiger partial charge in [-0.2, -0.15) is 0 Å². The molecule has 1 aliphatic rings. The molecule has 0 spiro atoms. The van der Waals surface area contributed by atoms with Gasteiger partial charge in [-0.05, 0) is 31.4 Å². The van der Waals surface area contributed by atoms with E-state index in [4.69, 9.17) is 0 Å². The van der Waals surface area contributed by atoms with Crippen LogP contribution in [0.5, 0.6) is 0 Å². The molecular weight excluding hydrogens is 252 g/mol. The maximum atomic E-state index is 12.1. The minimum absolute atomic E-state index is 0.00366. The number of nitrogens with one attached hydrogen (secondary N) is 1. The van der Waals surface area contributed by atoms with Crippen LogP contribution in [0.4, 0.5) is 0 Å². The van der Waals surface area contributed by atoms with Crippen LogP contribution >= 0.6 is 0 Å². The molecule has 1 heterocycles. The summed E-state index contributed by atoms with van der Waals surface area (Å²) in [6.07, 6.45) is 1.59. The highest BCUT2D eigenvalue weighted by Gasteiger charge is 2.33. The van der Waals surface area contributed by atoms with Gasteiger partial charge in [-0.15, -0.1) is 0 Å². The number of carbonyl (C=O) groups excluding carboxylic acids is 2. The van der Waals surface area contributed by atoms with Crippen molar-refractivity contribution in [2.24, 2.45) is 0 Å². The Hall–Kier alpha value is -1.84. The van der Waals surface area contributed by atoms with Crippen LogP contribution in [0.25, 0.3) is 0 Å². The number of carbonyl (C=O) groups is 2. The van der Waals surface area contributed by atoms with Gasteiger partial charge in [-0.3, -0.25) is 9.59 Å². The van der Waals surface area contributed by atoms with Crippen molar-refractivity contribution in [3.05, 3.63) is 34.9 Å². The average molecular weight is 274 g/mol. The van der Waals surface area contributed by atoms with Gasteiger partial charge in [0.25, 0.3) is 0 Å². The molecule has 1 unspecified atom stereocenters. The molecule has 0 saturated carbocycles. The van der Waals surface area contributed by atoms with Crippen molar-refractivity contribution < 1.29 is 9.59 Å². The van der Waals surface area contributed by atoms with E-state index in [9.17, 15) is 9.59 Å². The lowest BCUT2D eigenvalue weighted by molar-refractivity contribution is -0.146. The van der Waals surface area contributed by atoms with Crippen molar-refractivity contribution in [1.29, 1.82) is 0 Å². The summed E-state index contributed by atoms with van der Waals surface area (Å²) in [4.78, 5) is 25.8. The van der Waals surface area contributed by atoms with Gasteiger partial charge in [0.15, 0.2) is 0 Å². The molecule has 1 fully saturated rings. The molecule has 4 heteroatoms. The maximum Gasteiger partial charge on any atom is 0.243 e. The van der Waals surface area contributed by atoms with E-state index in [0.717, 1.165) is 17.5 Å². The Labute approximate surface area is 120 Å². The number of piperazine rings is 1. The summed E-state index contributed by atoms with van der Waals surface area (Å²) < 4.78 is 0. The number of aryl methyl sites for hydroxylation is 2. The number of benzene rings is 1. The SMILES string of the molecule is CCCC1C(=O)NCC(=O)N1Cc1cc(C)ccc1C. The molecule has 2 amide bonds. The molecule has 4 nitrogen and oxygen atoms in total. The van der Waals surface area contributed by atoms with Crippen LogP contribution < -0.4 is 5.32 Å². The zero-order chi connectivity index (χ0) is 14.7. The number of rotatable bonds is 4. The van der Waals surface area contributed by atoms with Crippen molar-refractivity contribution in [1.82, 2.24) is 10.2 Å². The van der Waals surface area contributed by atoms with Crippen molar-refractivity contribution in [3.63, 3.8) is 0 Å². The minimum atomic E-state index is -0.332. The highest BCUT2D eigenvalue weighted by Crippen LogP contribution is 2.19. The van der Waals surface area contributed by atoms with Crippen molar-refractivity contribution in [2.75, 3.05) is 6.54 Å². The standard InChI is InChI=1S/C16H22N2O2/c1-4-5-14-16(20)17-9-15(19)18(14)10-13-8-11(2)6-7-12(13)3/h6-8,14H,4-5,9-10H2,1-3H3,(H,17,20). The van der Waals surface area contributed by atoms with E-state index in [-0.39, 0.29) is 24.4 Å². The van der Waals surface area contributed by atoms with Crippen LogP contribution in [-0.4, -0.2) is 29.3 Å². The third-order valence-electron chi connectivity index (χ3n) is 3.82. The van der Waals surface area contributed by atoms with E-state index >= 15 is 0 Å². The van der Waals surface area contributed by atoms with E-state index < -0.39 is 0 Å². The Morgan fingerprint density at radius 3 is 2.75 bits per heavy atom. The van der Waals surface area contributed by atoms with Crippen molar-refractivity contribution >= 4 is 11.8 Å². The van der Waals surface area contributed by atoms with Crippen LogP contribution in [0.3, 0.4) is 0 Å². The van der Waals surface area contributed by atoms with E-state index in [1.165, 1.54) is 5.56 Å². The largest absolute Gasteiger partial charge is 0.345 e. The maximum absolute atomic E-state index is 12.1. The van der Waals surface area contributed by atoms with Gasteiger partial charge in [0, 0.05) is 6.54 Å². The molecule has 0 radical (unpaired) electrons. The summed E-state index contributed by atoms with van der Waals surface area (Å²) >= 11 is 0. The van der Waals surface area contributed by atoms with E-state index in [1.54, 1.807) is 4.90 Å². The first-order valence-corrected chi connectivity index (χ1v) is 7.16. The highest BCUT2D eigenvalue weighted by molar-refractivity contribution is 5.94. The van der Waals surface area contributed by atoms with Crippen molar-refractivity contribution in [3.8, 4) is 0 Å². The first-order chi connectivity index (χ1) is 9.52. The van der Waals surface area contributed by atoms with Gasteiger partial charge < -0.3 is 10.2 Å². The fourth-order valence-corrected chi connectivity index (χ4v) is 2.61. The topological polar surface area (TPSA) is 49.4 Å². The minimum Gasteiger partial charge on any atom is -0.345 e. The lowest BCUT2D eigenvalue weighted by atomic mass is 10.0. The Morgan fingerprint density at radius 1 is 1.30 bits per heavy atom. The first kappa shape index (κ1) is 14.6. The summed E-state index contributed by atoms with van der Waals surface area (Å²) in [6, 6.07) is 5.89. The van der Waals surface area contributed by atoms with Gasteiger partial charge in [0.05, 0.1) is 6.54 Å². The predicted molar refractivity (Wildman–Crippen MR) is 78.2 cm³/mol. The monoisotopic (exact) mass is 274 g/mol. The fraction of sp³-hybridized carbons (Fsp3) is 0.500. The van der Waals surface area contributed by atoms with Gasteiger partial charge in [0.1, 0.15) is 6.04 Å². The molecule has 1 aliphatic heterocycles. The fourth-order valence-electron chi connectivity index (χ4n) is 2.61. The number of hydrogen-bond acceptors (Lipinski definition) is 2. The summed E-state index contributed by atoms with van der Waals surface area (Å²) in [6.45, 7) is 6.74. The van der Waals surface area contributed by atoms with E-state index in [0.29, 0.717) is 13.0 Å². The molecule has 0 aromatic heterocycles. The highest BCUT2D eigenvalue weighted by atomic mass is 16.2. The second-order valence-electron chi connectivity index (χ2n) is 5.47. The molecule has 1 aromatic rings. The Morgan fingerprint density at radius 2 is 2.05 bits per heavy atom. The third-order valence-corrected chi connectivity index (χ3v) is 3.82. The molecule has 1 N–H and O–H groups in total. The van der Waals surface area contributed by atoms with E-state index in [1.807, 2.05) is 20.8 Å². The third kappa shape index (κ3) is 3.00. The Bertz CT molecular complexity index is 525.